The topological polar surface area (TPSA) is 24.5 Å². The Balaban J connectivity index is 2.97. The molecule has 0 spiro atoms. The molecule has 1 aromatic rings. The molecule has 0 bridgehead atoms. The molecule has 0 amide bonds. The fourth-order valence-corrected chi connectivity index (χ4v) is 2.36. The van der Waals surface area contributed by atoms with Gasteiger partial charge in [0.1, 0.15) is 0 Å². The summed E-state index contributed by atoms with van der Waals surface area (Å²) in [7, 11) is 1.72. The predicted octanol–water partition coefficient (Wildman–Crippen LogP) is 3.70. The van der Waals surface area contributed by atoms with E-state index < -0.39 is 0 Å². The minimum atomic E-state index is 0.0865. The lowest BCUT2D eigenvalue weighted by Gasteiger charge is -2.28. The van der Waals surface area contributed by atoms with Crippen molar-refractivity contribution < 1.29 is 4.74 Å². The van der Waals surface area contributed by atoms with Gasteiger partial charge in [0.2, 0.25) is 0 Å². The van der Waals surface area contributed by atoms with Gasteiger partial charge in [-0.2, -0.15) is 0 Å². The van der Waals surface area contributed by atoms with E-state index in [4.69, 9.17) is 16.3 Å². The van der Waals surface area contributed by atoms with E-state index in [1.165, 1.54) is 5.56 Å². The van der Waals surface area contributed by atoms with Crippen LogP contribution in [-0.2, 0) is 11.3 Å². The number of benzene rings is 1. The standard InChI is InChI=1S/C16H27ClN2O/c1-6-19(10-11-20-5)15-13(8-7-9-14(15)17)12-18-16(2,3)4/h7-9,18H,6,10-12H2,1-5H3. The number of hydrogen-bond acceptors (Lipinski definition) is 3. The van der Waals surface area contributed by atoms with Gasteiger partial charge in [0.15, 0.2) is 0 Å². The van der Waals surface area contributed by atoms with Gasteiger partial charge >= 0.3 is 0 Å². The lowest BCUT2D eigenvalue weighted by Crippen LogP contribution is -2.36. The molecule has 114 valence electrons. The number of nitrogens with zero attached hydrogens (tertiary/aromatic N) is 1. The van der Waals surface area contributed by atoms with Crippen molar-refractivity contribution in [1.82, 2.24) is 5.32 Å². The van der Waals surface area contributed by atoms with Crippen LogP contribution in [0.5, 0.6) is 0 Å². The molecule has 1 aromatic carbocycles. The minimum Gasteiger partial charge on any atom is -0.383 e. The van der Waals surface area contributed by atoms with Crippen molar-refractivity contribution in [1.29, 1.82) is 0 Å². The molecule has 0 aliphatic heterocycles. The van der Waals surface area contributed by atoms with Crippen LogP contribution in [0.4, 0.5) is 5.69 Å². The molecule has 0 fully saturated rings. The lowest BCUT2D eigenvalue weighted by atomic mass is 10.1. The summed E-state index contributed by atoms with van der Waals surface area (Å²) >= 11 is 6.42. The summed E-state index contributed by atoms with van der Waals surface area (Å²) in [4.78, 5) is 2.27. The van der Waals surface area contributed by atoms with E-state index in [1.807, 2.05) is 12.1 Å². The highest BCUT2D eigenvalue weighted by Gasteiger charge is 2.15. The van der Waals surface area contributed by atoms with Crippen molar-refractivity contribution >= 4 is 17.3 Å². The maximum atomic E-state index is 6.42. The fraction of sp³-hybridized carbons (Fsp3) is 0.625. The van der Waals surface area contributed by atoms with Crippen molar-refractivity contribution in [3.05, 3.63) is 28.8 Å². The van der Waals surface area contributed by atoms with Gasteiger partial charge in [0.25, 0.3) is 0 Å². The smallest absolute Gasteiger partial charge is 0.0642 e. The number of methoxy groups -OCH3 is 1. The molecule has 0 saturated heterocycles. The Hall–Kier alpha value is -0.770. The predicted molar refractivity (Wildman–Crippen MR) is 87.8 cm³/mol. The van der Waals surface area contributed by atoms with Gasteiger partial charge in [-0.25, -0.2) is 0 Å². The van der Waals surface area contributed by atoms with Crippen molar-refractivity contribution in [3.63, 3.8) is 0 Å². The second-order valence-corrected chi connectivity index (χ2v) is 6.33. The molecule has 0 saturated carbocycles. The molecule has 20 heavy (non-hydrogen) atoms. The molecule has 4 heteroatoms. The zero-order chi connectivity index (χ0) is 15.2. The highest BCUT2D eigenvalue weighted by molar-refractivity contribution is 6.33. The minimum absolute atomic E-state index is 0.0865. The molecule has 0 radical (unpaired) electrons. The van der Waals surface area contributed by atoms with E-state index in [0.717, 1.165) is 30.3 Å². The number of likely N-dealkylation sites (N-methyl/N-ethyl adjacent to an activating group) is 1. The van der Waals surface area contributed by atoms with Crippen molar-refractivity contribution in [3.8, 4) is 0 Å². The van der Waals surface area contributed by atoms with E-state index in [1.54, 1.807) is 7.11 Å². The molecule has 0 unspecified atom stereocenters. The van der Waals surface area contributed by atoms with E-state index in [0.29, 0.717) is 6.61 Å². The molecule has 1 N–H and O–H groups in total. The molecule has 0 atom stereocenters. The van der Waals surface area contributed by atoms with Crippen LogP contribution in [0.15, 0.2) is 18.2 Å². The third-order valence-electron chi connectivity index (χ3n) is 3.14. The van der Waals surface area contributed by atoms with Crippen LogP contribution in [0.2, 0.25) is 5.02 Å². The average Bonchev–Trinajstić information content (AvgIpc) is 2.38. The molecule has 3 nitrogen and oxygen atoms in total. The Morgan fingerprint density at radius 2 is 2.00 bits per heavy atom. The summed E-state index contributed by atoms with van der Waals surface area (Å²) in [5, 5.41) is 4.33. The molecule has 0 aliphatic carbocycles. The van der Waals surface area contributed by atoms with Crippen LogP contribution in [0.25, 0.3) is 0 Å². The van der Waals surface area contributed by atoms with Crippen molar-refractivity contribution in [2.45, 2.75) is 39.8 Å². The summed E-state index contributed by atoms with van der Waals surface area (Å²) in [6.07, 6.45) is 0. The van der Waals surface area contributed by atoms with Gasteiger partial charge in [-0.3, -0.25) is 0 Å². The third kappa shape index (κ3) is 5.31. The van der Waals surface area contributed by atoms with Crippen LogP contribution < -0.4 is 10.2 Å². The summed E-state index contributed by atoms with van der Waals surface area (Å²) in [6.45, 7) is 11.9. The average molecular weight is 299 g/mol. The number of halogens is 1. The molecular formula is C16H27ClN2O. The second kappa shape index (κ2) is 7.87. The Morgan fingerprint density at radius 1 is 1.30 bits per heavy atom. The van der Waals surface area contributed by atoms with Crippen molar-refractivity contribution in [2.24, 2.45) is 0 Å². The van der Waals surface area contributed by atoms with Crippen LogP contribution in [0.1, 0.15) is 33.3 Å². The van der Waals surface area contributed by atoms with E-state index in [-0.39, 0.29) is 5.54 Å². The van der Waals surface area contributed by atoms with E-state index >= 15 is 0 Å². The number of rotatable bonds is 7. The van der Waals surface area contributed by atoms with Gasteiger partial charge in [0.05, 0.1) is 17.3 Å². The van der Waals surface area contributed by atoms with E-state index in [2.05, 4.69) is 44.0 Å². The molecule has 0 heterocycles. The Labute approximate surface area is 128 Å². The zero-order valence-corrected chi connectivity index (χ0v) is 14.0. The first-order valence-corrected chi connectivity index (χ1v) is 7.53. The van der Waals surface area contributed by atoms with E-state index in [9.17, 15) is 0 Å². The van der Waals surface area contributed by atoms with Gasteiger partial charge in [-0.15, -0.1) is 0 Å². The largest absolute Gasteiger partial charge is 0.383 e. The maximum Gasteiger partial charge on any atom is 0.0642 e. The monoisotopic (exact) mass is 298 g/mol. The molecule has 1 rings (SSSR count). The summed E-state index contributed by atoms with van der Waals surface area (Å²) in [6, 6.07) is 6.10. The number of ether oxygens (including phenoxy) is 1. The molecule has 0 aromatic heterocycles. The number of anilines is 1. The first-order chi connectivity index (χ1) is 9.39. The highest BCUT2D eigenvalue weighted by Crippen LogP contribution is 2.30. The normalized spacial score (nSPS) is 11.7. The fourth-order valence-electron chi connectivity index (χ4n) is 2.05. The van der Waals surface area contributed by atoms with Crippen LogP contribution in [-0.4, -0.2) is 32.3 Å². The quantitative estimate of drug-likeness (QED) is 0.831. The SMILES string of the molecule is CCN(CCOC)c1c(Cl)cccc1CNC(C)(C)C. The van der Waals surface area contributed by atoms with Gasteiger partial charge in [-0.1, -0.05) is 23.7 Å². The third-order valence-corrected chi connectivity index (χ3v) is 3.45. The van der Waals surface area contributed by atoms with Gasteiger partial charge in [0, 0.05) is 32.3 Å². The Bertz CT molecular complexity index is 415. The Kier molecular flexibility index (Phi) is 6.80. The van der Waals surface area contributed by atoms with Crippen LogP contribution in [0, 0.1) is 0 Å². The van der Waals surface area contributed by atoms with Crippen molar-refractivity contribution in [2.75, 3.05) is 31.7 Å². The Morgan fingerprint density at radius 3 is 2.55 bits per heavy atom. The number of nitrogens with one attached hydrogen (secondary N) is 1. The number of hydrogen-bond donors (Lipinski definition) is 1. The van der Waals surface area contributed by atoms with Gasteiger partial charge in [-0.05, 0) is 39.3 Å². The maximum absolute atomic E-state index is 6.42. The highest BCUT2D eigenvalue weighted by atomic mass is 35.5. The summed E-state index contributed by atoms with van der Waals surface area (Å²) in [5.41, 5.74) is 2.43. The molecule has 0 aliphatic rings. The summed E-state index contributed by atoms with van der Waals surface area (Å²) in [5.74, 6) is 0. The first kappa shape index (κ1) is 17.3. The number of para-hydroxylation sites is 1. The summed E-state index contributed by atoms with van der Waals surface area (Å²) < 4.78 is 5.19. The van der Waals surface area contributed by atoms with Crippen LogP contribution >= 0.6 is 11.6 Å². The zero-order valence-electron chi connectivity index (χ0n) is 13.3. The first-order valence-electron chi connectivity index (χ1n) is 7.15. The van der Waals surface area contributed by atoms with Gasteiger partial charge < -0.3 is 15.0 Å². The second-order valence-electron chi connectivity index (χ2n) is 5.92. The van der Waals surface area contributed by atoms with Crippen LogP contribution in [0.3, 0.4) is 0 Å². The molecular weight excluding hydrogens is 272 g/mol. The lowest BCUT2D eigenvalue weighted by molar-refractivity contribution is 0.205.